The number of aromatic nitrogens is 2. The van der Waals surface area contributed by atoms with Crippen LogP contribution in [0.3, 0.4) is 0 Å². The van der Waals surface area contributed by atoms with E-state index in [9.17, 15) is 19.0 Å². The summed E-state index contributed by atoms with van der Waals surface area (Å²) in [5.41, 5.74) is -1.78. The Morgan fingerprint density at radius 2 is 1.96 bits per heavy atom. The summed E-state index contributed by atoms with van der Waals surface area (Å²) in [7, 11) is -3.18. The third kappa shape index (κ3) is 5.56. The summed E-state index contributed by atoms with van der Waals surface area (Å²) >= 11 is 5.15. The topological polar surface area (TPSA) is 160 Å². The average Bonchev–Trinajstić information content (AvgIpc) is 2.88. The molecule has 1 unspecified atom stereocenters. The summed E-state index contributed by atoms with van der Waals surface area (Å²) in [5.74, 6) is 0.634. The summed E-state index contributed by atoms with van der Waals surface area (Å²) in [6.07, 6.45) is -1.95. The van der Waals surface area contributed by atoms with Crippen molar-refractivity contribution in [2.24, 2.45) is 0 Å². The van der Waals surface area contributed by atoms with Crippen LogP contribution in [0.2, 0.25) is 0 Å². The molecular formula is C14H22N2O9P2S. The smallest absolute Gasteiger partial charge is 0.348 e. The van der Waals surface area contributed by atoms with Crippen molar-refractivity contribution in [3.63, 3.8) is 0 Å². The summed E-state index contributed by atoms with van der Waals surface area (Å²) in [6.45, 7) is 0.0354. The lowest BCUT2D eigenvalue weighted by atomic mass is 10.1. The van der Waals surface area contributed by atoms with Gasteiger partial charge in [-0.15, -0.1) is 0 Å². The second-order valence-corrected chi connectivity index (χ2v) is 11.8. The van der Waals surface area contributed by atoms with Gasteiger partial charge < -0.3 is 28.7 Å². The van der Waals surface area contributed by atoms with Gasteiger partial charge in [0.05, 0.1) is 0 Å². The fourth-order valence-electron chi connectivity index (χ4n) is 2.54. The highest BCUT2D eigenvalue weighted by atomic mass is 32.5. The van der Waals surface area contributed by atoms with Gasteiger partial charge >= 0.3 is 13.3 Å². The molecule has 1 aliphatic heterocycles. The molecule has 0 aliphatic carbocycles. The number of hydrogen-bond donors (Lipinski definition) is 4. The van der Waals surface area contributed by atoms with Gasteiger partial charge in [-0.3, -0.25) is 18.9 Å². The van der Waals surface area contributed by atoms with E-state index in [4.69, 9.17) is 35.6 Å². The van der Waals surface area contributed by atoms with Gasteiger partial charge in [0.25, 0.3) is 5.56 Å². The predicted octanol–water partition coefficient (Wildman–Crippen LogP) is 0.236. The third-order valence-electron chi connectivity index (χ3n) is 4.02. The van der Waals surface area contributed by atoms with Crippen molar-refractivity contribution in [3.05, 3.63) is 45.0 Å². The molecule has 0 spiro atoms. The Morgan fingerprint density at radius 3 is 2.46 bits per heavy atom. The van der Waals surface area contributed by atoms with Crippen LogP contribution in [0.15, 0.2) is 33.7 Å². The van der Waals surface area contributed by atoms with Gasteiger partial charge in [-0.2, -0.15) is 0 Å². The molecule has 0 radical (unpaired) electrons. The standard InChI is InChI=1S/C14H22N2O9P2S/c1-8(2)27(22,28)25-11-9(5-7-26(19,20)21)24-13(12(11)23-3)16-6-4-10(17)15-14(16)18/h4-9,11-13H,1-3H3,(H,22,28)(H,15,17,18)(H2,19,20,21)/b7-5+/t9-,11-,12-,13-,27?/m1/s1. The fourth-order valence-corrected chi connectivity index (χ4v) is 4.06. The Hall–Kier alpha value is -0.940. The van der Waals surface area contributed by atoms with Crippen molar-refractivity contribution < 1.29 is 33.2 Å². The zero-order chi connectivity index (χ0) is 21.3. The first kappa shape index (κ1) is 23.3. The molecule has 1 fully saturated rings. The number of nitrogens with one attached hydrogen (secondary N) is 1. The van der Waals surface area contributed by atoms with E-state index in [-0.39, 0.29) is 0 Å². The van der Waals surface area contributed by atoms with E-state index in [0.29, 0.717) is 5.82 Å². The van der Waals surface area contributed by atoms with E-state index >= 15 is 0 Å². The number of aromatic amines is 1. The second kappa shape index (κ2) is 8.83. The summed E-state index contributed by atoms with van der Waals surface area (Å²) in [5, 5.41) is 0. The summed E-state index contributed by atoms with van der Waals surface area (Å²) in [6, 6.07) is 1.11. The minimum Gasteiger partial charge on any atom is -0.374 e. The number of rotatable bonds is 7. The van der Waals surface area contributed by atoms with E-state index < -0.39 is 55.5 Å². The van der Waals surface area contributed by atoms with Crippen LogP contribution in [0.1, 0.15) is 20.1 Å². The highest BCUT2D eigenvalue weighted by molar-refractivity contribution is 8.09. The van der Waals surface area contributed by atoms with Gasteiger partial charge in [0.15, 0.2) is 12.7 Å². The number of methoxy groups -OCH3 is 1. The van der Waals surface area contributed by atoms with Crippen LogP contribution in [0.5, 0.6) is 0 Å². The lowest BCUT2D eigenvalue weighted by molar-refractivity contribution is -0.0476. The van der Waals surface area contributed by atoms with Gasteiger partial charge in [-0.1, -0.05) is 13.8 Å². The van der Waals surface area contributed by atoms with Gasteiger partial charge in [0, 0.05) is 30.8 Å². The average molecular weight is 456 g/mol. The molecule has 28 heavy (non-hydrogen) atoms. The molecule has 1 aliphatic rings. The Balaban J connectivity index is 2.48. The first-order valence-electron chi connectivity index (χ1n) is 8.11. The maximum absolute atomic E-state index is 12.1. The van der Waals surface area contributed by atoms with Gasteiger partial charge in [0.2, 0.25) is 0 Å². The highest BCUT2D eigenvalue weighted by Gasteiger charge is 2.48. The number of hydrogen-bond acceptors (Lipinski definition) is 7. The Bertz CT molecular complexity index is 937. The van der Waals surface area contributed by atoms with E-state index in [1.54, 1.807) is 13.8 Å². The Labute approximate surface area is 165 Å². The molecule has 2 rings (SSSR count). The number of nitrogens with zero attached hydrogens (tertiary/aromatic N) is 1. The van der Waals surface area contributed by atoms with Gasteiger partial charge in [-0.25, -0.2) is 4.79 Å². The molecule has 11 nitrogen and oxygen atoms in total. The van der Waals surface area contributed by atoms with Gasteiger partial charge in [0.1, 0.15) is 18.3 Å². The molecule has 1 saturated heterocycles. The molecule has 0 saturated carbocycles. The molecule has 1 aromatic heterocycles. The highest BCUT2D eigenvalue weighted by Crippen LogP contribution is 2.52. The van der Waals surface area contributed by atoms with Crippen LogP contribution in [0, 0.1) is 0 Å². The SMILES string of the molecule is CO[C@@H]1[C@H](OP(O)(=S)C(C)C)[C@@H](/C=C/P(=O)(O)O)O[C@H]1n1ccc(=O)[nH]c1=O. The van der Waals surface area contributed by atoms with Crippen molar-refractivity contribution in [1.82, 2.24) is 9.55 Å². The predicted molar refractivity (Wildman–Crippen MR) is 104 cm³/mol. The normalized spacial score (nSPS) is 28.1. The van der Waals surface area contributed by atoms with Crippen LogP contribution in [-0.4, -0.2) is 55.3 Å². The van der Waals surface area contributed by atoms with Crippen LogP contribution >= 0.6 is 14.1 Å². The molecule has 0 aromatic carbocycles. The minimum atomic E-state index is -4.50. The lowest BCUT2D eigenvalue weighted by Gasteiger charge is -2.28. The Morgan fingerprint density at radius 1 is 1.32 bits per heavy atom. The minimum absolute atomic E-state index is 0.402. The van der Waals surface area contributed by atoms with E-state index in [1.807, 2.05) is 0 Å². The summed E-state index contributed by atoms with van der Waals surface area (Å²) in [4.78, 5) is 54.2. The van der Waals surface area contributed by atoms with E-state index in [2.05, 4.69) is 4.98 Å². The van der Waals surface area contributed by atoms with E-state index in [1.165, 1.54) is 13.3 Å². The summed E-state index contributed by atoms with van der Waals surface area (Å²) < 4.78 is 29.1. The van der Waals surface area contributed by atoms with Crippen molar-refractivity contribution in [2.45, 2.75) is 44.0 Å². The van der Waals surface area contributed by atoms with Crippen LogP contribution in [0.25, 0.3) is 0 Å². The van der Waals surface area contributed by atoms with E-state index in [0.717, 1.165) is 16.7 Å². The zero-order valence-electron chi connectivity index (χ0n) is 15.2. The first-order chi connectivity index (χ1) is 12.9. The van der Waals surface area contributed by atoms with Crippen LogP contribution in [-0.2, 0) is 30.4 Å². The van der Waals surface area contributed by atoms with Gasteiger partial charge in [-0.05, 0) is 17.9 Å². The maximum atomic E-state index is 12.1. The van der Waals surface area contributed by atoms with Crippen molar-refractivity contribution in [2.75, 3.05) is 7.11 Å². The fraction of sp³-hybridized carbons (Fsp3) is 0.571. The molecule has 0 amide bonds. The molecule has 5 atom stereocenters. The quantitative estimate of drug-likeness (QED) is 0.418. The van der Waals surface area contributed by atoms with Crippen molar-refractivity contribution in [1.29, 1.82) is 0 Å². The van der Waals surface area contributed by atoms with Crippen molar-refractivity contribution >= 4 is 25.9 Å². The lowest BCUT2D eigenvalue weighted by Crippen LogP contribution is -2.39. The third-order valence-corrected chi connectivity index (χ3v) is 7.95. The zero-order valence-corrected chi connectivity index (χ0v) is 17.8. The molecule has 4 N–H and O–H groups in total. The Kier molecular flexibility index (Phi) is 7.36. The molecule has 158 valence electrons. The second-order valence-electron chi connectivity index (χ2n) is 6.37. The van der Waals surface area contributed by atoms with Crippen molar-refractivity contribution in [3.8, 4) is 0 Å². The maximum Gasteiger partial charge on any atom is 0.348 e. The molecule has 2 heterocycles. The molecule has 1 aromatic rings. The molecule has 0 bridgehead atoms. The molecule has 14 heteroatoms. The number of ether oxygens (including phenoxy) is 2. The molecular weight excluding hydrogens is 434 g/mol. The van der Waals surface area contributed by atoms with Crippen LogP contribution in [0.4, 0.5) is 0 Å². The number of H-pyrrole nitrogens is 1. The monoisotopic (exact) mass is 456 g/mol. The first-order valence-corrected chi connectivity index (χ1v) is 12.5. The van der Waals surface area contributed by atoms with Crippen LogP contribution < -0.4 is 11.2 Å². The largest absolute Gasteiger partial charge is 0.374 e.